The summed E-state index contributed by atoms with van der Waals surface area (Å²) in [7, 11) is 0. The molecule has 2 aromatic carbocycles. The van der Waals surface area contributed by atoms with Crippen molar-refractivity contribution in [3.63, 3.8) is 0 Å². The van der Waals surface area contributed by atoms with E-state index in [1.807, 2.05) is 31.2 Å². The highest BCUT2D eigenvalue weighted by atomic mass is 16.5. The Kier molecular flexibility index (Phi) is 8.02. The van der Waals surface area contributed by atoms with Gasteiger partial charge in [0, 0.05) is 24.6 Å². The third-order valence-corrected chi connectivity index (χ3v) is 5.38. The minimum Gasteiger partial charge on any atom is -0.481 e. The van der Waals surface area contributed by atoms with Crippen LogP contribution in [0.25, 0.3) is 11.1 Å². The van der Waals surface area contributed by atoms with Crippen molar-refractivity contribution in [1.29, 1.82) is 0 Å². The summed E-state index contributed by atoms with van der Waals surface area (Å²) >= 11 is 0. The molecule has 2 amide bonds. The Morgan fingerprint density at radius 1 is 1.06 bits per heavy atom. The monoisotopic (exact) mass is 436 g/mol. The van der Waals surface area contributed by atoms with Gasteiger partial charge < -0.3 is 20.5 Å². The minimum atomic E-state index is -0.954. The fraction of sp³-hybridized carbons (Fsp3) is 0.320. The number of alkyl carbamates (subject to hydrolysis) is 1. The van der Waals surface area contributed by atoms with E-state index >= 15 is 0 Å². The molecule has 0 aliphatic heterocycles. The molecule has 3 N–H and O–H groups in total. The number of carboxylic acid groups (broad SMARTS) is 1. The van der Waals surface area contributed by atoms with Gasteiger partial charge in [-0.1, -0.05) is 68.0 Å². The van der Waals surface area contributed by atoms with Crippen LogP contribution in [0.15, 0.2) is 60.7 Å². The summed E-state index contributed by atoms with van der Waals surface area (Å²) in [6.45, 7) is 2.27. The third kappa shape index (κ3) is 5.97. The van der Waals surface area contributed by atoms with E-state index in [1.54, 1.807) is 0 Å². The highest BCUT2D eigenvalue weighted by Crippen LogP contribution is 2.44. The first-order valence-corrected chi connectivity index (χ1v) is 10.8. The number of fused-ring (bicyclic) bond motifs is 3. The second kappa shape index (κ2) is 11.1. The van der Waals surface area contributed by atoms with E-state index in [-0.39, 0.29) is 31.4 Å². The average molecular weight is 437 g/mol. The zero-order chi connectivity index (χ0) is 22.9. The molecule has 0 spiro atoms. The molecule has 3 rings (SSSR count). The molecule has 2 aromatic rings. The van der Waals surface area contributed by atoms with Gasteiger partial charge in [0.25, 0.3) is 0 Å². The summed E-state index contributed by atoms with van der Waals surface area (Å²) in [5.41, 5.74) is 4.60. The first-order valence-electron chi connectivity index (χ1n) is 10.8. The van der Waals surface area contributed by atoms with E-state index in [4.69, 9.17) is 9.84 Å². The second-order valence-electron chi connectivity index (χ2n) is 7.70. The molecule has 0 bridgehead atoms. The van der Waals surface area contributed by atoms with Gasteiger partial charge in [0.2, 0.25) is 5.91 Å². The minimum absolute atomic E-state index is 0.0146. The number of amides is 2. The number of benzene rings is 2. The quantitative estimate of drug-likeness (QED) is 0.491. The van der Waals surface area contributed by atoms with Crippen LogP contribution in [0.5, 0.6) is 0 Å². The molecule has 1 atom stereocenters. The number of nitrogens with one attached hydrogen (secondary N) is 2. The maximum absolute atomic E-state index is 12.1. The van der Waals surface area contributed by atoms with Crippen LogP contribution in [0.2, 0.25) is 0 Å². The van der Waals surface area contributed by atoms with Gasteiger partial charge in [0.05, 0.1) is 6.42 Å². The van der Waals surface area contributed by atoms with Crippen LogP contribution in [-0.2, 0) is 14.3 Å². The van der Waals surface area contributed by atoms with Gasteiger partial charge in [-0.15, -0.1) is 0 Å². The van der Waals surface area contributed by atoms with Crippen LogP contribution < -0.4 is 10.6 Å². The van der Waals surface area contributed by atoms with Crippen molar-refractivity contribution in [1.82, 2.24) is 10.6 Å². The molecule has 7 nitrogen and oxygen atoms in total. The van der Waals surface area contributed by atoms with Crippen LogP contribution in [0, 0.1) is 0 Å². The number of hydrogen-bond donors (Lipinski definition) is 3. The normalized spacial score (nSPS) is 13.3. The van der Waals surface area contributed by atoms with E-state index in [0.29, 0.717) is 6.42 Å². The SMILES string of the molecule is CCCC(CC(=O)O)NC(=O)/C=C/CNC(=O)OCC1c2ccccc2-c2ccccc21. The lowest BCUT2D eigenvalue weighted by Gasteiger charge is -2.15. The maximum atomic E-state index is 12.1. The van der Waals surface area contributed by atoms with Gasteiger partial charge in [-0.05, 0) is 28.7 Å². The van der Waals surface area contributed by atoms with Crippen molar-refractivity contribution in [2.75, 3.05) is 13.2 Å². The van der Waals surface area contributed by atoms with Crippen molar-refractivity contribution in [2.24, 2.45) is 0 Å². The van der Waals surface area contributed by atoms with Crippen LogP contribution in [-0.4, -0.2) is 42.3 Å². The van der Waals surface area contributed by atoms with Gasteiger partial charge in [-0.25, -0.2) is 4.79 Å². The van der Waals surface area contributed by atoms with Gasteiger partial charge in [0.1, 0.15) is 6.61 Å². The van der Waals surface area contributed by atoms with Crippen LogP contribution in [0.4, 0.5) is 4.79 Å². The Hall–Kier alpha value is -3.61. The number of rotatable bonds is 10. The summed E-state index contributed by atoms with van der Waals surface area (Å²) in [5, 5.41) is 14.2. The molecular formula is C25H28N2O5. The molecule has 32 heavy (non-hydrogen) atoms. The molecule has 7 heteroatoms. The molecule has 1 aliphatic rings. The lowest BCUT2D eigenvalue weighted by molar-refractivity contribution is -0.137. The smallest absolute Gasteiger partial charge is 0.407 e. The summed E-state index contributed by atoms with van der Waals surface area (Å²) in [5.74, 6) is -1.36. The van der Waals surface area contributed by atoms with Gasteiger partial charge >= 0.3 is 12.1 Å². The zero-order valence-electron chi connectivity index (χ0n) is 18.0. The van der Waals surface area contributed by atoms with E-state index in [0.717, 1.165) is 28.7 Å². The number of carboxylic acids is 1. The fourth-order valence-electron chi connectivity index (χ4n) is 3.99. The first-order chi connectivity index (χ1) is 15.5. The van der Waals surface area contributed by atoms with E-state index in [1.165, 1.54) is 12.2 Å². The molecule has 168 valence electrons. The Morgan fingerprint density at radius 3 is 2.28 bits per heavy atom. The Balaban J connectivity index is 1.46. The lowest BCUT2D eigenvalue weighted by Crippen LogP contribution is -2.35. The van der Waals surface area contributed by atoms with Crippen molar-refractivity contribution in [3.8, 4) is 11.1 Å². The fourth-order valence-corrected chi connectivity index (χ4v) is 3.99. The molecular weight excluding hydrogens is 408 g/mol. The molecule has 1 unspecified atom stereocenters. The number of hydrogen-bond acceptors (Lipinski definition) is 4. The van der Waals surface area contributed by atoms with Crippen LogP contribution >= 0.6 is 0 Å². The van der Waals surface area contributed by atoms with Crippen LogP contribution in [0.1, 0.15) is 43.2 Å². The van der Waals surface area contributed by atoms with E-state index < -0.39 is 18.1 Å². The van der Waals surface area contributed by atoms with Gasteiger partial charge in [0.15, 0.2) is 0 Å². The standard InChI is InChI=1S/C25H28N2O5/c1-2-8-17(15-24(29)30)27-23(28)13-7-14-26-25(31)32-16-22-20-11-5-3-9-18(20)19-10-4-6-12-21(19)22/h3-7,9-13,17,22H,2,8,14-16H2,1H3,(H,26,31)(H,27,28)(H,29,30)/b13-7+. The number of ether oxygens (including phenoxy) is 1. The topological polar surface area (TPSA) is 105 Å². The summed E-state index contributed by atoms with van der Waals surface area (Å²) in [6, 6.07) is 15.8. The maximum Gasteiger partial charge on any atom is 0.407 e. The zero-order valence-corrected chi connectivity index (χ0v) is 18.0. The second-order valence-corrected chi connectivity index (χ2v) is 7.70. The number of carbonyl (C=O) groups is 3. The number of carbonyl (C=O) groups excluding carboxylic acids is 2. The van der Waals surface area contributed by atoms with Crippen molar-refractivity contribution >= 4 is 18.0 Å². The Bertz CT molecular complexity index is 956. The molecule has 0 fully saturated rings. The molecule has 0 heterocycles. The molecule has 1 aliphatic carbocycles. The highest BCUT2D eigenvalue weighted by Gasteiger charge is 2.28. The Labute approximate surface area is 187 Å². The van der Waals surface area contributed by atoms with Crippen LogP contribution in [0.3, 0.4) is 0 Å². The molecule has 0 aromatic heterocycles. The first kappa shape index (κ1) is 23.1. The number of aliphatic carboxylic acids is 1. The van der Waals surface area contributed by atoms with Gasteiger partial charge in [-0.2, -0.15) is 0 Å². The van der Waals surface area contributed by atoms with Crippen molar-refractivity contribution < 1.29 is 24.2 Å². The molecule has 0 saturated carbocycles. The van der Waals surface area contributed by atoms with E-state index in [2.05, 4.69) is 34.9 Å². The third-order valence-electron chi connectivity index (χ3n) is 5.38. The molecule has 0 saturated heterocycles. The van der Waals surface area contributed by atoms with Gasteiger partial charge in [-0.3, -0.25) is 9.59 Å². The predicted molar refractivity (Wildman–Crippen MR) is 121 cm³/mol. The lowest BCUT2D eigenvalue weighted by atomic mass is 9.98. The molecule has 0 radical (unpaired) electrons. The largest absolute Gasteiger partial charge is 0.481 e. The average Bonchev–Trinajstić information content (AvgIpc) is 3.09. The summed E-state index contributed by atoms with van der Waals surface area (Å²) < 4.78 is 5.44. The highest BCUT2D eigenvalue weighted by molar-refractivity contribution is 5.88. The Morgan fingerprint density at radius 2 is 1.69 bits per heavy atom. The summed E-state index contributed by atoms with van der Waals surface area (Å²) in [4.78, 5) is 34.9. The van der Waals surface area contributed by atoms with Crippen molar-refractivity contribution in [2.45, 2.75) is 38.1 Å². The van der Waals surface area contributed by atoms with E-state index in [9.17, 15) is 14.4 Å². The predicted octanol–water partition coefficient (Wildman–Crippen LogP) is 3.84. The van der Waals surface area contributed by atoms with Crippen molar-refractivity contribution in [3.05, 3.63) is 71.8 Å². The summed E-state index contributed by atoms with van der Waals surface area (Å²) in [6.07, 6.45) is 3.46.